The van der Waals surface area contributed by atoms with Gasteiger partial charge in [0.25, 0.3) is 11.6 Å². The number of benzene rings is 2. The first kappa shape index (κ1) is 23.0. The second-order valence-electron chi connectivity index (χ2n) is 6.78. The van der Waals surface area contributed by atoms with Gasteiger partial charge in [-0.3, -0.25) is 20.2 Å². The molecule has 166 valence electrons. The van der Waals surface area contributed by atoms with Crippen LogP contribution in [0.4, 0.5) is 15.2 Å². The van der Waals surface area contributed by atoms with Gasteiger partial charge >= 0.3 is 0 Å². The first-order chi connectivity index (χ1) is 15.3. The summed E-state index contributed by atoms with van der Waals surface area (Å²) in [6.45, 7) is 2.20. The molecule has 1 heterocycles. The van der Waals surface area contributed by atoms with E-state index in [1.807, 2.05) is 6.92 Å². The third kappa shape index (κ3) is 6.43. The molecule has 0 saturated heterocycles. The topological polar surface area (TPSA) is 104 Å². The molecule has 3 rings (SSSR count). The summed E-state index contributed by atoms with van der Waals surface area (Å²) in [6, 6.07) is 11.1. The maximum Gasteiger partial charge on any atom is 0.269 e. The highest BCUT2D eigenvalue weighted by Gasteiger charge is 2.13. The van der Waals surface area contributed by atoms with E-state index in [0.717, 1.165) is 23.1 Å². The molecule has 0 radical (unpaired) electrons. The molecule has 0 saturated carbocycles. The summed E-state index contributed by atoms with van der Waals surface area (Å²) < 4.78 is 24.1. The van der Waals surface area contributed by atoms with Gasteiger partial charge in [-0.2, -0.15) is 4.39 Å². The summed E-state index contributed by atoms with van der Waals surface area (Å²) in [5, 5.41) is 13.0. The Balaban J connectivity index is 1.86. The molecular formula is C22H20FN3O5S. The Bertz CT molecular complexity index is 1130. The Kier molecular flexibility index (Phi) is 7.63. The first-order valence-electron chi connectivity index (χ1n) is 9.50. The van der Waals surface area contributed by atoms with E-state index in [1.165, 1.54) is 12.1 Å². The number of ether oxygens (including phenoxy) is 2. The molecule has 0 aliphatic heterocycles. The molecule has 1 N–H and O–H groups in total. The Labute approximate surface area is 187 Å². The molecule has 1 unspecified atom stereocenters. The van der Waals surface area contributed by atoms with Crippen LogP contribution in [0.1, 0.15) is 28.4 Å². The maximum absolute atomic E-state index is 13.2. The van der Waals surface area contributed by atoms with Crippen LogP contribution in [0.25, 0.3) is 12.2 Å². The van der Waals surface area contributed by atoms with E-state index < -0.39 is 16.0 Å². The van der Waals surface area contributed by atoms with Crippen LogP contribution in [0.2, 0.25) is 0 Å². The molecule has 0 bridgehead atoms. The van der Waals surface area contributed by atoms with Gasteiger partial charge in [0.2, 0.25) is 0 Å². The molecular weight excluding hydrogens is 437 g/mol. The number of nitrogens with one attached hydrogen (secondary N) is 1. The molecule has 32 heavy (non-hydrogen) atoms. The molecule has 1 amide bonds. The van der Waals surface area contributed by atoms with E-state index in [-0.39, 0.29) is 16.9 Å². The van der Waals surface area contributed by atoms with Crippen molar-refractivity contribution in [2.45, 2.75) is 13.0 Å². The average Bonchev–Trinajstić information content (AvgIpc) is 3.17. The van der Waals surface area contributed by atoms with Crippen LogP contribution >= 0.6 is 11.3 Å². The second-order valence-corrected chi connectivity index (χ2v) is 7.76. The zero-order valence-corrected chi connectivity index (χ0v) is 18.1. The number of non-ortho nitro benzene ring substituents is 1. The van der Waals surface area contributed by atoms with Crippen LogP contribution in [0.15, 0.2) is 48.7 Å². The van der Waals surface area contributed by atoms with Crippen LogP contribution in [0.3, 0.4) is 0 Å². The standard InChI is InChI=1S/C22H20FN3O5S/c1-14(13-30-2)31-19-10-16(4-3-15-5-7-18(8-6-15)26(28)29)9-17(11-19)21(27)25-22-24-12-20(23)32-22/h3-12,14H,13H2,1-2H3,(H,24,25,27)/b4-3+. The molecule has 1 atom stereocenters. The highest BCUT2D eigenvalue weighted by atomic mass is 32.1. The summed E-state index contributed by atoms with van der Waals surface area (Å²) in [5.41, 5.74) is 1.72. The number of nitro benzene ring substituents is 1. The monoisotopic (exact) mass is 457 g/mol. The van der Waals surface area contributed by atoms with Gasteiger partial charge in [-0.15, -0.1) is 0 Å². The van der Waals surface area contributed by atoms with Crippen LogP contribution in [0, 0.1) is 15.2 Å². The lowest BCUT2D eigenvalue weighted by molar-refractivity contribution is -0.384. The minimum atomic E-state index is -0.502. The number of carbonyl (C=O) groups excluding carboxylic acids is 1. The smallest absolute Gasteiger partial charge is 0.269 e. The van der Waals surface area contributed by atoms with Crippen molar-refractivity contribution in [1.82, 2.24) is 4.98 Å². The lowest BCUT2D eigenvalue weighted by atomic mass is 10.1. The van der Waals surface area contributed by atoms with Gasteiger partial charge < -0.3 is 9.47 Å². The van der Waals surface area contributed by atoms with Gasteiger partial charge in [0.05, 0.1) is 17.7 Å². The fourth-order valence-corrected chi connectivity index (χ4v) is 3.34. The van der Waals surface area contributed by atoms with E-state index >= 15 is 0 Å². The van der Waals surface area contributed by atoms with Crippen molar-refractivity contribution in [3.63, 3.8) is 0 Å². The molecule has 10 heteroatoms. The molecule has 0 spiro atoms. The number of methoxy groups -OCH3 is 1. The number of halogens is 1. The number of carbonyl (C=O) groups is 1. The van der Waals surface area contributed by atoms with Gasteiger partial charge in [0, 0.05) is 24.8 Å². The molecule has 0 fully saturated rings. The van der Waals surface area contributed by atoms with Crippen molar-refractivity contribution in [3.8, 4) is 5.75 Å². The van der Waals surface area contributed by atoms with Crippen molar-refractivity contribution < 1.29 is 23.6 Å². The quantitative estimate of drug-likeness (QED) is 0.275. The van der Waals surface area contributed by atoms with E-state index in [0.29, 0.717) is 23.5 Å². The largest absolute Gasteiger partial charge is 0.488 e. The number of thiazole rings is 1. The summed E-state index contributed by atoms with van der Waals surface area (Å²) >= 11 is 0.728. The van der Waals surface area contributed by atoms with Crippen LogP contribution in [-0.4, -0.2) is 35.6 Å². The number of nitro groups is 1. The number of nitrogens with zero attached hydrogens (tertiary/aromatic N) is 2. The van der Waals surface area contributed by atoms with Gasteiger partial charge in [0.1, 0.15) is 11.9 Å². The zero-order valence-electron chi connectivity index (χ0n) is 17.3. The lowest BCUT2D eigenvalue weighted by Crippen LogP contribution is -2.18. The fraction of sp³-hybridized carbons (Fsp3) is 0.182. The van der Waals surface area contributed by atoms with E-state index in [9.17, 15) is 19.3 Å². The van der Waals surface area contributed by atoms with Gasteiger partial charge in [-0.05, 0) is 48.4 Å². The molecule has 1 aromatic heterocycles. The SMILES string of the molecule is COCC(C)Oc1cc(/C=C/c2ccc([N+](=O)[O-])cc2)cc(C(=O)Nc2ncc(F)s2)c1. The Hall–Kier alpha value is -3.63. The Morgan fingerprint density at radius 2 is 1.97 bits per heavy atom. The van der Waals surface area contributed by atoms with Crippen molar-refractivity contribution >= 4 is 40.2 Å². The van der Waals surface area contributed by atoms with Crippen LogP contribution < -0.4 is 10.1 Å². The van der Waals surface area contributed by atoms with Crippen LogP contribution in [0.5, 0.6) is 5.75 Å². The number of hydrogen-bond acceptors (Lipinski definition) is 7. The predicted octanol–water partition coefficient (Wildman–Crippen LogP) is 5.03. The van der Waals surface area contributed by atoms with Gasteiger partial charge in [-0.25, -0.2) is 4.98 Å². The summed E-state index contributed by atoms with van der Waals surface area (Å²) in [6.07, 6.45) is 4.30. The van der Waals surface area contributed by atoms with Crippen molar-refractivity contribution in [2.24, 2.45) is 0 Å². The number of anilines is 1. The summed E-state index contributed by atoms with van der Waals surface area (Å²) in [5.74, 6) is -0.00921. The Morgan fingerprint density at radius 3 is 2.59 bits per heavy atom. The first-order valence-corrected chi connectivity index (χ1v) is 10.3. The number of rotatable bonds is 9. The normalized spacial score (nSPS) is 12.0. The molecule has 2 aromatic carbocycles. The van der Waals surface area contributed by atoms with Crippen LogP contribution in [-0.2, 0) is 4.74 Å². The minimum absolute atomic E-state index is 0.00209. The second kappa shape index (κ2) is 10.6. The summed E-state index contributed by atoms with van der Waals surface area (Å²) in [7, 11) is 1.56. The van der Waals surface area contributed by atoms with E-state index in [2.05, 4.69) is 10.3 Å². The predicted molar refractivity (Wildman–Crippen MR) is 120 cm³/mol. The fourth-order valence-electron chi connectivity index (χ4n) is 2.80. The molecule has 0 aliphatic carbocycles. The highest BCUT2D eigenvalue weighted by Crippen LogP contribution is 2.23. The molecule has 8 nitrogen and oxygen atoms in total. The number of amides is 1. The number of aromatic nitrogens is 1. The van der Waals surface area contributed by atoms with Crippen molar-refractivity contribution in [2.75, 3.05) is 19.0 Å². The van der Waals surface area contributed by atoms with Gasteiger partial charge in [0.15, 0.2) is 10.3 Å². The average molecular weight is 457 g/mol. The molecule has 3 aromatic rings. The minimum Gasteiger partial charge on any atom is -0.488 e. The molecule has 0 aliphatic rings. The van der Waals surface area contributed by atoms with Gasteiger partial charge in [-0.1, -0.05) is 23.5 Å². The van der Waals surface area contributed by atoms with Crippen molar-refractivity contribution in [1.29, 1.82) is 0 Å². The number of hydrogen-bond donors (Lipinski definition) is 1. The summed E-state index contributed by atoms with van der Waals surface area (Å²) in [4.78, 5) is 26.8. The third-order valence-electron chi connectivity index (χ3n) is 4.20. The van der Waals surface area contributed by atoms with Crippen molar-refractivity contribution in [3.05, 3.63) is 80.6 Å². The lowest BCUT2D eigenvalue weighted by Gasteiger charge is -2.15. The third-order valence-corrected chi connectivity index (χ3v) is 4.90. The zero-order chi connectivity index (χ0) is 23.1. The van der Waals surface area contributed by atoms with E-state index in [1.54, 1.807) is 49.6 Å². The Morgan fingerprint density at radius 1 is 1.25 bits per heavy atom. The highest BCUT2D eigenvalue weighted by molar-refractivity contribution is 7.14. The maximum atomic E-state index is 13.2. The van der Waals surface area contributed by atoms with E-state index in [4.69, 9.17) is 9.47 Å².